The Hall–Kier alpha value is -9.61. The lowest BCUT2D eigenvalue weighted by molar-refractivity contribution is 0.00852. The number of carboxylic acid groups (broad SMARTS) is 1. The lowest BCUT2D eigenvalue weighted by Crippen LogP contribution is -2.48. The standard InChI is InChI=1S/C30H32N6O5.C19H23N3O6.C11H11N3.ClH/c1-19-17-35-25(18-34(19)29(40)41-30(2,3)4)26(36(28(35)39)21-11-13-22(37)14-12-21)27(38)31-16-20-8-5-6-9-23(20)24-10-7-15-32-33-24;1-11-9-21-14(10-20(11)18(27)28-19(2,3)4)15(16(24)25)22(17(21)26)12-5-7-13(23)8-6-12;12-8-9-4-1-2-5-10(9)11-6-3-7-13-14-11;/h5-15,19,37H,16-18H2,1-4H3,(H,31,38);5-8,11,23H,9-10H2,1-4H3,(H,24,25);1-7H,8,12H2;1H. The summed E-state index contributed by atoms with van der Waals surface area (Å²) in [5.74, 6) is -1.74. The van der Waals surface area contributed by atoms with Crippen LogP contribution in [-0.2, 0) is 48.7 Å². The fraction of sp³-hybridized carbons (Fsp3) is 0.300. The van der Waals surface area contributed by atoms with Crippen molar-refractivity contribution in [1.82, 2.24) is 53.8 Å². The summed E-state index contributed by atoms with van der Waals surface area (Å²) in [6.45, 7) is 15.2. The van der Waals surface area contributed by atoms with Gasteiger partial charge in [-0.1, -0.05) is 48.5 Å². The molecule has 2 unspecified atom stereocenters. The molecular weight excluding hydrogens is 1100 g/mol. The molecule has 6 heterocycles. The summed E-state index contributed by atoms with van der Waals surface area (Å²) in [5.41, 5.74) is 9.90. The van der Waals surface area contributed by atoms with Gasteiger partial charge in [0.05, 0.1) is 59.3 Å². The van der Waals surface area contributed by atoms with E-state index in [9.17, 15) is 44.1 Å². The van der Waals surface area contributed by atoms with Gasteiger partial charge >= 0.3 is 29.5 Å². The van der Waals surface area contributed by atoms with Gasteiger partial charge < -0.3 is 35.8 Å². The average molecular weight is 1170 g/mol. The van der Waals surface area contributed by atoms with E-state index in [-0.39, 0.29) is 85.8 Å². The summed E-state index contributed by atoms with van der Waals surface area (Å²) in [7, 11) is 0. The fourth-order valence-corrected chi connectivity index (χ4v) is 9.52. The maximum absolute atomic E-state index is 13.9. The van der Waals surface area contributed by atoms with E-state index in [4.69, 9.17) is 15.2 Å². The normalized spacial score (nSPS) is 14.4. The molecule has 2 aliphatic rings. The molecule has 6 N–H and O–H groups in total. The van der Waals surface area contributed by atoms with E-state index in [0.717, 1.165) is 32.5 Å². The monoisotopic (exact) mass is 1170 g/mol. The van der Waals surface area contributed by atoms with Crippen molar-refractivity contribution in [2.45, 2.75) is 118 Å². The molecule has 10 rings (SSSR count). The number of ether oxygens (including phenoxy) is 2. The lowest BCUT2D eigenvalue weighted by Gasteiger charge is -2.35. The van der Waals surface area contributed by atoms with Crippen LogP contribution in [0.4, 0.5) is 9.59 Å². The summed E-state index contributed by atoms with van der Waals surface area (Å²) in [4.78, 5) is 81.1. The third kappa shape index (κ3) is 14.2. The number of aromatic carboxylic acids is 1. The van der Waals surface area contributed by atoms with Crippen LogP contribution in [0, 0.1) is 0 Å². The second-order valence-electron chi connectivity index (χ2n) is 21.7. The first kappa shape index (κ1) is 62.0. The Morgan fingerprint density at radius 1 is 0.595 bits per heavy atom. The third-order valence-corrected chi connectivity index (χ3v) is 13.4. The van der Waals surface area contributed by atoms with Crippen LogP contribution < -0.4 is 22.4 Å². The van der Waals surface area contributed by atoms with E-state index >= 15 is 0 Å². The van der Waals surface area contributed by atoms with Gasteiger partial charge in [0.2, 0.25) is 0 Å². The van der Waals surface area contributed by atoms with Gasteiger partial charge in [0.25, 0.3) is 5.91 Å². The molecular formula is C60H67ClN12O11. The Kier molecular flexibility index (Phi) is 19.3. The Morgan fingerprint density at radius 3 is 1.40 bits per heavy atom. The molecule has 0 fully saturated rings. The van der Waals surface area contributed by atoms with Crippen LogP contribution in [-0.4, -0.2) is 111 Å². The number of amides is 3. The van der Waals surface area contributed by atoms with Crippen LogP contribution in [0.2, 0.25) is 0 Å². The maximum Gasteiger partial charge on any atom is 0.410 e. The Balaban J connectivity index is 0.000000202. The predicted octanol–water partition coefficient (Wildman–Crippen LogP) is 8.08. The smallest absolute Gasteiger partial charge is 0.410 e. The number of rotatable bonds is 9. The van der Waals surface area contributed by atoms with E-state index < -0.39 is 46.6 Å². The van der Waals surface area contributed by atoms with Crippen molar-refractivity contribution in [3.8, 4) is 45.4 Å². The van der Waals surface area contributed by atoms with Crippen LogP contribution in [0.3, 0.4) is 0 Å². The minimum absolute atomic E-state index is 0. The van der Waals surface area contributed by atoms with Crippen molar-refractivity contribution in [3.05, 3.63) is 189 Å². The molecule has 3 amide bonds. The number of aromatic hydroxyl groups is 2. The van der Waals surface area contributed by atoms with E-state index in [1.54, 1.807) is 79.1 Å². The Bertz CT molecular complexity index is 3760. The van der Waals surface area contributed by atoms with E-state index in [1.165, 1.54) is 59.9 Å². The van der Waals surface area contributed by atoms with Gasteiger partial charge in [0, 0.05) is 49.7 Å². The number of phenols is 2. The van der Waals surface area contributed by atoms with Crippen molar-refractivity contribution in [2.24, 2.45) is 5.73 Å². The van der Waals surface area contributed by atoms with Crippen LogP contribution >= 0.6 is 12.4 Å². The molecule has 8 aromatic rings. The molecule has 0 saturated heterocycles. The maximum atomic E-state index is 13.9. The molecule has 2 aliphatic heterocycles. The van der Waals surface area contributed by atoms with Crippen molar-refractivity contribution in [2.75, 3.05) is 0 Å². The van der Waals surface area contributed by atoms with Gasteiger partial charge in [-0.25, -0.2) is 24.0 Å². The molecule has 84 heavy (non-hydrogen) atoms. The third-order valence-electron chi connectivity index (χ3n) is 13.4. The van der Waals surface area contributed by atoms with Crippen LogP contribution in [0.1, 0.15) is 98.9 Å². The first-order valence-electron chi connectivity index (χ1n) is 26.6. The number of aromatic nitrogens is 8. The highest BCUT2D eigenvalue weighted by molar-refractivity contribution is 5.95. The molecule has 23 nitrogen and oxygen atoms in total. The number of benzene rings is 4. The number of nitrogens with one attached hydrogen (secondary N) is 1. The fourth-order valence-electron chi connectivity index (χ4n) is 9.52. The molecule has 0 saturated carbocycles. The highest BCUT2D eigenvalue weighted by Crippen LogP contribution is 2.29. The van der Waals surface area contributed by atoms with Crippen molar-refractivity contribution in [3.63, 3.8) is 0 Å². The highest BCUT2D eigenvalue weighted by atomic mass is 35.5. The molecule has 0 aliphatic carbocycles. The quantitative estimate of drug-likeness (QED) is 0.0912. The zero-order valence-corrected chi connectivity index (χ0v) is 48.5. The summed E-state index contributed by atoms with van der Waals surface area (Å²) < 4.78 is 16.3. The summed E-state index contributed by atoms with van der Waals surface area (Å²) in [6, 6.07) is 33.9. The minimum atomic E-state index is -1.28. The number of carbonyl (C=O) groups excluding carboxylic acids is 3. The Labute approximate surface area is 490 Å². The molecule has 24 heteroatoms. The number of hydrogen-bond donors (Lipinski definition) is 5. The van der Waals surface area contributed by atoms with Gasteiger partial charge in [-0.15, -0.1) is 12.4 Å². The summed E-state index contributed by atoms with van der Waals surface area (Å²) >= 11 is 0. The number of nitrogens with two attached hydrogens (primary N) is 1. The topological polar surface area (TPSA) is 297 Å². The average Bonchev–Trinajstić information content (AvgIpc) is 2.00. The molecule has 440 valence electrons. The first-order valence-corrected chi connectivity index (χ1v) is 26.6. The van der Waals surface area contributed by atoms with Gasteiger partial charge in [-0.05, 0) is 139 Å². The van der Waals surface area contributed by atoms with E-state index in [2.05, 4.69) is 25.7 Å². The SMILES string of the molecule is CC1Cn2c(c(C(=O)NCc3ccccc3-c3cccnn3)n(-c3ccc(O)cc3)c2=O)CN1C(=O)OC(C)(C)C.CC1Cn2c(c(C(=O)O)n(-c3ccc(O)cc3)c2=O)CN1C(=O)OC(C)(C)C.Cl.NCc1ccccc1-c1cccnn1. The number of carbonyl (C=O) groups is 4. The number of phenolic OH excluding ortho intramolecular Hbond substituents is 2. The van der Waals surface area contributed by atoms with Crippen LogP contribution in [0.5, 0.6) is 11.5 Å². The number of fused-ring (bicyclic) bond motifs is 2. The van der Waals surface area contributed by atoms with Gasteiger partial charge in [0.1, 0.15) is 28.4 Å². The van der Waals surface area contributed by atoms with Gasteiger partial charge in [-0.3, -0.25) is 32.9 Å². The van der Waals surface area contributed by atoms with Crippen molar-refractivity contribution in [1.29, 1.82) is 0 Å². The molecule has 2 atom stereocenters. The number of nitrogens with zero attached hydrogens (tertiary/aromatic N) is 10. The van der Waals surface area contributed by atoms with Gasteiger partial charge in [0.15, 0.2) is 5.69 Å². The lowest BCUT2D eigenvalue weighted by atomic mass is 10.0. The second-order valence-corrected chi connectivity index (χ2v) is 21.7. The minimum Gasteiger partial charge on any atom is -0.508 e. The zero-order chi connectivity index (χ0) is 59.9. The molecule has 0 spiro atoms. The number of imidazole rings is 2. The van der Waals surface area contributed by atoms with Crippen LogP contribution in [0.15, 0.2) is 143 Å². The largest absolute Gasteiger partial charge is 0.508 e. The van der Waals surface area contributed by atoms with Crippen molar-refractivity contribution < 1.29 is 44.0 Å². The predicted molar refractivity (Wildman–Crippen MR) is 314 cm³/mol. The van der Waals surface area contributed by atoms with Crippen LogP contribution in [0.25, 0.3) is 33.9 Å². The number of halogens is 1. The Morgan fingerprint density at radius 2 is 1.00 bits per heavy atom. The zero-order valence-electron chi connectivity index (χ0n) is 47.7. The second kappa shape index (κ2) is 26.1. The number of carboxylic acids is 1. The van der Waals surface area contributed by atoms with Gasteiger partial charge in [-0.2, -0.15) is 20.4 Å². The number of hydrogen-bond acceptors (Lipinski definition) is 15. The first-order chi connectivity index (χ1) is 39.4. The van der Waals surface area contributed by atoms with E-state index in [0.29, 0.717) is 29.3 Å². The molecule has 4 aromatic carbocycles. The molecule has 0 radical (unpaired) electrons. The summed E-state index contributed by atoms with van der Waals surface area (Å²) in [5, 5.41) is 48.1. The van der Waals surface area contributed by atoms with Crippen molar-refractivity contribution >= 4 is 36.5 Å². The molecule has 0 bridgehead atoms. The summed E-state index contributed by atoms with van der Waals surface area (Å²) in [6.07, 6.45) is 2.17. The molecule has 4 aromatic heterocycles. The van der Waals surface area contributed by atoms with E-state index in [1.807, 2.05) is 73.7 Å². The highest BCUT2D eigenvalue weighted by Gasteiger charge is 2.38.